The second-order valence-electron chi connectivity index (χ2n) is 7.00. The number of aromatic nitrogens is 1. The first-order valence-corrected chi connectivity index (χ1v) is 11.8. The molecule has 0 fully saturated rings. The molecule has 1 aromatic rings. The van der Waals surface area contributed by atoms with Crippen LogP contribution in [-0.2, 0) is 0 Å². The molecule has 1 heterocycles. The molecule has 0 aliphatic rings. The fraction of sp³-hybridized carbons (Fsp3) is 0.611. The smallest absolute Gasteiger partial charge is 0.0664 e. The number of hydrogen-bond donors (Lipinski definition) is 1. The monoisotopic (exact) mass is 302 g/mol. The molecular weight excluding hydrogens is 272 g/mol. The minimum Gasteiger partial charge on any atom is -0.318 e. The van der Waals surface area contributed by atoms with Crippen molar-refractivity contribution >= 4 is 8.07 Å². The third kappa shape index (κ3) is 8.04. The van der Waals surface area contributed by atoms with Gasteiger partial charge in [-0.15, -0.1) is 5.92 Å². The lowest BCUT2D eigenvalue weighted by molar-refractivity contribution is 0.596. The number of pyridine rings is 1. The maximum Gasteiger partial charge on any atom is 0.0664 e. The summed E-state index contributed by atoms with van der Waals surface area (Å²) in [5.74, 6) is 6.92. The first-order chi connectivity index (χ1) is 9.92. The minimum absolute atomic E-state index is 0.0114. The normalized spacial score (nSPS) is 14.1. The van der Waals surface area contributed by atoms with Crippen molar-refractivity contribution in [2.75, 3.05) is 0 Å². The van der Waals surface area contributed by atoms with Crippen LogP contribution in [0, 0.1) is 11.8 Å². The number of unbranched alkanes of at least 4 members (excludes halogenated alkanes) is 1. The summed E-state index contributed by atoms with van der Waals surface area (Å²) in [5, 5.41) is 0. The Balaban J connectivity index is 2.65. The van der Waals surface area contributed by atoms with Gasteiger partial charge in [-0.05, 0) is 36.8 Å². The highest BCUT2D eigenvalue weighted by molar-refractivity contribution is 6.76. The second-order valence-corrected chi connectivity index (χ2v) is 12.5. The Morgan fingerprint density at radius 2 is 2.05 bits per heavy atom. The summed E-state index contributed by atoms with van der Waals surface area (Å²) in [6.07, 6.45) is 8.00. The standard InChI is InChI=1S/C18H30N2Si/c1-5-6-7-10-18(19)12-11-17(15-21(2,3)4)16-9-8-13-20-14-16/h8-9,13-14,17-18H,5-6,11-12,15,19H2,1-4H3. The zero-order chi connectivity index (χ0) is 15.7. The Bertz CT molecular complexity index is 454. The molecule has 0 radical (unpaired) electrons. The maximum atomic E-state index is 6.13. The van der Waals surface area contributed by atoms with E-state index in [1.807, 2.05) is 18.5 Å². The van der Waals surface area contributed by atoms with Crippen LogP contribution in [-0.4, -0.2) is 19.1 Å². The van der Waals surface area contributed by atoms with E-state index in [9.17, 15) is 0 Å². The first kappa shape index (κ1) is 17.9. The highest BCUT2D eigenvalue weighted by Gasteiger charge is 2.22. The van der Waals surface area contributed by atoms with E-state index in [0.717, 1.165) is 25.7 Å². The van der Waals surface area contributed by atoms with Crippen LogP contribution in [0.4, 0.5) is 0 Å². The molecular formula is C18H30N2Si. The van der Waals surface area contributed by atoms with Crippen molar-refractivity contribution in [3.8, 4) is 11.8 Å². The van der Waals surface area contributed by atoms with Crippen LogP contribution in [0.15, 0.2) is 24.5 Å². The average Bonchev–Trinajstić information content (AvgIpc) is 2.43. The lowest BCUT2D eigenvalue weighted by atomic mass is 9.95. The van der Waals surface area contributed by atoms with Gasteiger partial charge in [-0.3, -0.25) is 4.98 Å². The molecule has 2 nitrogen and oxygen atoms in total. The molecule has 0 saturated carbocycles. The molecule has 0 aliphatic carbocycles. The lowest BCUT2D eigenvalue weighted by Gasteiger charge is -2.25. The van der Waals surface area contributed by atoms with Crippen LogP contribution >= 0.6 is 0 Å². The highest BCUT2D eigenvalue weighted by Crippen LogP contribution is 2.30. The summed E-state index contributed by atoms with van der Waals surface area (Å²) in [4.78, 5) is 4.28. The van der Waals surface area contributed by atoms with Gasteiger partial charge in [0.25, 0.3) is 0 Å². The predicted molar refractivity (Wildman–Crippen MR) is 95.0 cm³/mol. The van der Waals surface area contributed by atoms with Gasteiger partial charge in [0, 0.05) is 26.9 Å². The molecule has 116 valence electrons. The number of nitrogens with zero attached hydrogens (tertiary/aromatic N) is 1. The van der Waals surface area contributed by atoms with Crippen molar-refractivity contribution in [3.63, 3.8) is 0 Å². The Kier molecular flexibility index (Phi) is 7.70. The summed E-state index contributed by atoms with van der Waals surface area (Å²) < 4.78 is 0. The Morgan fingerprint density at radius 1 is 1.29 bits per heavy atom. The summed E-state index contributed by atoms with van der Waals surface area (Å²) in [6.45, 7) is 9.43. The van der Waals surface area contributed by atoms with Crippen molar-refractivity contribution in [2.45, 2.75) is 70.3 Å². The molecule has 0 aliphatic heterocycles. The molecule has 1 rings (SSSR count). The van der Waals surface area contributed by atoms with Gasteiger partial charge in [0.05, 0.1) is 6.04 Å². The fourth-order valence-electron chi connectivity index (χ4n) is 2.52. The fourth-order valence-corrected chi connectivity index (χ4v) is 4.44. The zero-order valence-corrected chi connectivity index (χ0v) is 15.0. The lowest BCUT2D eigenvalue weighted by Crippen LogP contribution is -2.25. The van der Waals surface area contributed by atoms with Gasteiger partial charge in [0.15, 0.2) is 0 Å². The van der Waals surface area contributed by atoms with Crippen LogP contribution < -0.4 is 5.73 Å². The van der Waals surface area contributed by atoms with E-state index >= 15 is 0 Å². The molecule has 0 saturated heterocycles. The van der Waals surface area contributed by atoms with Gasteiger partial charge >= 0.3 is 0 Å². The van der Waals surface area contributed by atoms with Crippen LogP contribution in [0.5, 0.6) is 0 Å². The van der Waals surface area contributed by atoms with E-state index in [4.69, 9.17) is 5.73 Å². The Hall–Kier alpha value is -1.11. The summed E-state index contributed by atoms with van der Waals surface area (Å²) in [5.41, 5.74) is 7.48. The van der Waals surface area contributed by atoms with E-state index in [-0.39, 0.29) is 6.04 Å². The molecule has 1 aromatic heterocycles. The molecule has 2 atom stereocenters. The number of rotatable bonds is 7. The van der Waals surface area contributed by atoms with Crippen LogP contribution in [0.25, 0.3) is 0 Å². The number of hydrogen-bond acceptors (Lipinski definition) is 2. The van der Waals surface area contributed by atoms with E-state index in [0.29, 0.717) is 5.92 Å². The Labute approximate surface area is 131 Å². The predicted octanol–water partition coefficient (Wildman–Crippen LogP) is 4.41. The van der Waals surface area contributed by atoms with Gasteiger partial charge in [-0.25, -0.2) is 0 Å². The molecule has 2 N–H and O–H groups in total. The molecule has 21 heavy (non-hydrogen) atoms. The van der Waals surface area contributed by atoms with Crippen molar-refractivity contribution in [2.24, 2.45) is 5.73 Å². The second kappa shape index (κ2) is 9.02. The average molecular weight is 303 g/mol. The van der Waals surface area contributed by atoms with Crippen molar-refractivity contribution in [3.05, 3.63) is 30.1 Å². The SMILES string of the molecule is CCCC#CC(N)CCC(C[Si](C)(C)C)c1cccnc1. The molecule has 2 unspecified atom stereocenters. The largest absolute Gasteiger partial charge is 0.318 e. The summed E-state index contributed by atoms with van der Waals surface area (Å²) in [6, 6.07) is 5.53. The molecule has 0 bridgehead atoms. The molecule has 0 amide bonds. The van der Waals surface area contributed by atoms with Gasteiger partial charge in [-0.1, -0.05) is 44.6 Å². The van der Waals surface area contributed by atoms with Crippen LogP contribution in [0.2, 0.25) is 25.7 Å². The topological polar surface area (TPSA) is 38.9 Å². The molecule has 0 aromatic carbocycles. The van der Waals surface area contributed by atoms with Gasteiger partial charge < -0.3 is 5.73 Å². The Morgan fingerprint density at radius 3 is 2.62 bits per heavy atom. The van der Waals surface area contributed by atoms with E-state index in [1.54, 1.807) is 0 Å². The first-order valence-electron chi connectivity index (χ1n) is 8.06. The summed E-state index contributed by atoms with van der Waals surface area (Å²) >= 11 is 0. The van der Waals surface area contributed by atoms with E-state index in [1.165, 1.54) is 11.6 Å². The van der Waals surface area contributed by atoms with Crippen molar-refractivity contribution < 1.29 is 0 Å². The summed E-state index contributed by atoms with van der Waals surface area (Å²) in [7, 11) is -1.11. The molecule has 0 spiro atoms. The van der Waals surface area contributed by atoms with Crippen LogP contribution in [0.3, 0.4) is 0 Å². The third-order valence-electron chi connectivity index (χ3n) is 3.50. The highest BCUT2D eigenvalue weighted by atomic mass is 28.3. The van der Waals surface area contributed by atoms with Crippen molar-refractivity contribution in [1.29, 1.82) is 0 Å². The van der Waals surface area contributed by atoms with E-state index in [2.05, 4.69) is 49.5 Å². The van der Waals surface area contributed by atoms with E-state index < -0.39 is 8.07 Å². The molecule has 3 heteroatoms. The van der Waals surface area contributed by atoms with Gasteiger partial charge in [0.1, 0.15) is 0 Å². The quantitative estimate of drug-likeness (QED) is 0.598. The zero-order valence-electron chi connectivity index (χ0n) is 14.0. The van der Waals surface area contributed by atoms with Crippen molar-refractivity contribution in [1.82, 2.24) is 4.98 Å². The minimum atomic E-state index is -1.11. The van der Waals surface area contributed by atoms with Crippen LogP contribution in [0.1, 0.15) is 44.1 Å². The third-order valence-corrected chi connectivity index (χ3v) is 5.22. The van der Waals surface area contributed by atoms with Gasteiger partial charge in [0.2, 0.25) is 0 Å². The number of nitrogens with two attached hydrogens (primary N) is 1. The maximum absolute atomic E-state index is 6.13. The van der Waals surface area contributed by atoms with Gasteiger partial charge in [-0.2, -0.15) is 0 Å².